The van der Waals surface area contributed by atoms with E-state index in [1.165, 1.54) is 47.6 Å². The SMILES string of the molecule is Cc1cc(S(=O)(=O)Nc2ccc(S(=O)(=O)N3CCCCC3)cc2)ccc1F. The molecule has 0 aliphatic carbocycles. The van der Waals surface area contributed by atoms with Crippen molar-refractivity contribution < 1.29 is 21.2 Å². The Kier molecular flexibility index (Phi) is 5.55. The molecule has 9 heteroatoms. The number of rotatable bonds is 5. The number of piperidine rings is 1. The summed E-state index contributed by atoms with van der Waals surface area (Å²) < 4.78 is 67.3. The van der Waals surface area contributed by atoms with Crippen molar-refractivity contribution >= 4 is 25.7 Å². The number of anilines is 1. The minimum atomic E-state index is -3.90. The number of halogens is 1. The van der Waals surface area contributed by atoms with Gasteiger partial charge in [-0.2, -0.15) is 4.31 Å². The van der Waals surface area contributed by atoms with E-state index in [1.807, 2.05) is 0 Å². The molecule has 1 aliphatic rings. The lowest BCUT2D eigenvalue weighted by molar-refractivity contribution is 0.346. The highest BCUT2D eigenvalue weighted by molar-refractivity contribution is 7.92. The zero-order chi connectivity index (χ0) is 19.7. The number of hydrogen-bond acceptors (Lipinski definition) is 4. The van der Waals surface area contributed by atoms with Gasteiger partial charge in [0.2, 0.25) is 10.0 Å². The Hall–Kier alpha value is -1.97. The lowest BCUT2D eigenvalue weighted by atomic mass is 10.2. The largest absolute Gasteiger partial charge is 0.280 e. The van der Waals surface area contributed by atoms with Crippen LogP contribution in [0.2, 0.25) is 0 Å². The fraction of sp³-hybridized carbons (Fsp3) is 0.333. The molecule has 1 aliphatic heterocycles. The van der Waals surface area contributed by atoms with Gasteiger partial charge in [-0.3, -0.25) is 4.72 Å². The first-order valence-electron chi connectivity index (χ1n) is 8.59. The van der Waals surface area contributed by atoms with Gasteiger partial charge >= 0.3 is 0 Å². The van der Waals surface area contributed by atoms with Gasteiger partial charge in [-0.15, -0.1) is 0 Å². The number of aryl methyl sites for hydroxylation is 1. The Bertz CT molecular complexity index is 1030. The van der Waals surface area contributed by atoms with E-state index in [1.54, 1.807) is 0 Å². The quantitative estimate of drug-likeness (QED) is 0.818. The summed E-state index contributed by atoms with van der Waals surface area (Å²) in [7, 11) is -7.47. The van der Waals surface area contributed by atoms with Crippen LogP contribution in [0.1, 0.15) is 24.8 Å². The van der Waals surface area contributed by atoms with Crippen LogP contribution in [0.3, 0.4) is 0 Å². The van der Waals surface area contributed by atoms with Gasteiger partial charge < -0.3 is 0 Å². The van der Waals surface area contributed by atoms with Crippen molar-refractivity contribution in [2.24, 2.45) is 0 Å². The highest BCUT2D eigenvalue weighted by Crippen LogP contribution is 2.23. The minimum Gasteiger partial charge on any atom is -0.280 e. The summed E-state index contributed by atoms with van der Waals surface area (Å²) in [4.78, 5) is 0.0661. The van der Waals surface area contributed by atoms with E-state index in [2.05, 4.69) is 4.72 Å². The Morgan fingerprint density at radius 2 is 1.48 bits per heavy atom. The molecule has 0 atom stereocenters. The number of nitrogens with one attached hydrogen (secondary N) is 1. The third-order valence-corrected chi connectivity index (χ3v) is 7.79. The Morgan fingerprint density at radius 3 is 2.07 bits per heavy atom. The van der Waals surface area contributed by atoms with Gasteiger partial charge in [-0.05, 0) is 67.8 Å². The molecule has 146 valence electrons. The van der Waals surface area contributed by atoms with E-state index >= 15 is 0 Å². The molecular formula is C18H21FN2O4S2. The molecule has 1 heterocycles. The van der Waals surface area contributed by atoms with E-state index in [4.69, 9.17) is 0 Å². The molecule has 0 aromatic heterocycles. The molecule has 3 rings (SSSR count). The van der Waals surface area contributed by atoms with Crippen molar-refractivity contribution in [2.75, 3.05) is 17.8 Å². The maximum atomic E-state index is 13.3. The Balaban J connectivity index is 1.80. The van der Waals surface area contributed by atoms with Crippen LogP contribution in [0.15, 0.2) is 52.3 Å². The van der Waals surface area contributed by atoms with Crippen LogP contribution in [-0.2, 0) is 20.0 Å². The van der Waals surface area contributed by atoms with Crippen LogP contribution in [0.4, 0.5) is 10.1 Å². The zero-order valence-electron chi connectivity index (χ0n) is 14.9. The van der Waals surface area contributed by atoms with E-state index < -0.39 is 25.9 Å². The summed E-state index contributed by atoms with van der Waals surface area (Å²) in [5.41, 5.74) is 0.454. The first kappa shape index (κ1) is 19.8. The Labute approximate surface area is 159 Å². The minimum absolute atomic E-state index is 0.0635. The van der Waals surface area contributed by atoms with Gasteiger partial charge in [0.05, 0.1) is 9.79 Å². The van der Waals surface area contributed by atoms with Crippen molar-refractivity contribution in [1.82, 2.24) is 4.31 Å². The van der Waals surface area contributed by atoms with Crippen molar-refractivity contribution in [3.8, 4) is 0 Å². The zero-order valence-corrected chi connectivity index (χ0v) is 16.5. The van der Waals surface area contributed by atoms with E-state index in [0.717, 1.165) is 25.3 Å². The van der Waals surface area contributed by atoms with Crippen LogP contribution in [0.5, 0.6) is 0 Å². The molecule has 2 aromatic carbocycles. The molecule has 0 unspecified atom stereocenters. The maximum Gasteiger partial charge on any atom is 0.261 e. The fourth-order valence-electron chi connectivity index (χ4n) is 2.95. The molecule has 0 bridgehead atoms. The Morgan fingerprint density at radius 1 is 0.889 bits per heavy atom. The molecule has 0 radical (unpaired) electrons. The predicted molar refractivity (Wildman–Crippen MR) is 101 cm³/mol. The van der Waals surface area contributed by atoms with Crippen molar-refractivity contribution in [3.05, 3.63) is 53.8 Å². The monoisotopic (exact) mass is 412 g/mol. The summed E-state index contributed by atoms with van der Waals surface area (Å²) in [5, 5.41) is 0. The molecular weight excluding hydrogens is 391 g/mol. The standard InChI is InChI=1S/C18H21FN2O4S2/c1-14-13-17(9-10-18(14)19)26(22,23)20-15-5-7-16(8-6-15)27(24,25)21-11-3-2-4-12-21/h5-10,13,20H,2-4,11-12H2,1H3. The molecule has 1 fully saturated rings. The number of hydrogen-bond donors (Lipinski definition) is 1. The number of benzene rings is 2. The second-order valence-electron chi connectivity index (χ2n) is 6.51. The van der Waals surface area contributed by atoms with Crippen LogP contribution in [0, 0.1) is 12.7 Å². The molecule has 1 saturated heterocycles. The molecule has 0 spiro atoms. The summed E-state index contributed by atoms with van der Waals surface area (Å²) in [5.74, 6) is -0.485. The van der Waals surface area contributed by atoms with Gasteiger partial charge in [0.1, 0.15) is 5.82 Å². The highest BCUT2D eigenvalue weighted by Gasteiger charge is 2.26. The third kappa shape index (κ3) is 4.31. The van der Waals surface area contributed by atoms with Crippen LogP contribution in [0.25, 0.3) is 0 Å². The van der Waals surface area contributed by atoms with Crippen molar-refractivity contribution in [3.63, 3.8) is 0 Å². The highest BCUT2D eigenvalue weighted by atomic mass is 32.2. The predicted octanol–water partition coefficient (Wildman–Crippen LogP) is 3.11. The van der Waals surface area contributed by atoms with Gasteiger partial charge in [-0.1, -0.05) is 6.42 Å². The molecule has 6 nitrogen and oxygen atoms in total. The normalized spacial score (nSPS) is 16.2. The summed E-state index contributed by atoms with van der Waals surface area (Å²) in [6.07, 6.45) is 2.71. The van der Waals surface area contributed by atoms with E-state index in [9.17, 15) is 21.2 Å². The summed E-state index contributed by atoms with van der Waals surface area (Å²) >= 11 is 0. The molecule has 0 amide bonds. The second-order valence-corrected chi connectivity index (χ2v) is 10.1. The first-order chi connectivity index (χ1) is 12.7. The van der Waals surface area contributed by atoms with Crippen LogP contribution in [-0.4, -0.2) is 34.2 Å². The lowest BCUT2D eigenvalue weighted by Crippen LogP contribution is -2.35. The molecule has 1 N–H and O–H groups in total. The molecule has 27 heavy (non-hydrogen) atoms. The van der Waals surface area contributed by atoms with E-state index in [-0.39, 0.29) is 21.0 Å². The number of sulfonamides is 2. The fourth-order valence-corrected chi connectivity index (χ4v) is 5.61. The van der Waals surface area contributed by atoms with Gasteiger partial charge in [0, 0.05) is 18.8 Å². The average Bonchev–Trinajstić information content (AvgIpc) is 2.65. The molecule has 0 saturated carbocycles. The van der Waals surface area contributed by atoms with Crippen molar-refractivity contribution in [1.29, 1.82) is 0 Å². The summed E-state index contributed by atoms with van der Waals surface area (Å²) in [6.45, 7) is 2.48. The van der Waals surface area contributed by atoms with Crippen LogP contribution < -0.4 is 4.72 Å². The molecule has 2 aromatic rings. The second kappa shape index (κ2) is 7.57. The maximum absolute atomic E-state index is 13.3. The lowest BCUT2D eigenvalue weighted by Gasteiger charge is -2.25. The van der Waals surface area contributed by atoms with Gasteiger partial charge in [0.25, 0.3) is 10.0 Å². The van der Waals surface area contributed by atoms with Crippen LogP contribution >= 0.6 is 0 Å². The smallest absolute Gasteiger partial charge is 0.261 e. The first-order valence-corrected chi connectivity index (χ1v) is 11.5. The third-order valence-electron chi connectivity index (χ3n) is 4.50. The summed E-state index contributed by atoms with van der Waals surface area (Å²) in [6, 6.07) is 9.11. The van der Waals surface area contributed by atoms with Gasteiger partial charge in [0.15, 0.2) is 0 Å². The average molecular weight is 413 g/mol. The number of nitrogens with zero attached hydrogens (tertiary/aromatic N) is 1. The van der Waals surface area contributed by atoms with Crippen molar-refractivity contribution in [2.45, 2.75) is 36.0 Å². The topological polar surface area (TPSA) is 83.5 Å². The van der Waals surface area contributed by atoms with E-state index in [0.29, 0.717) is 13.1 Å². The van der Waals surface area contributed by atoms with Gasteiger partial charge in [-0.25, -0.2) is 21.2 Å².